The molecule has 1 aliphatic rings. The summed E-state index contributed by atoms with van der Waals surface area (Å²) in [6, 6.07) is 12.5. The van der Waals surface area contributed by atoms with Gasteiger partial charge in [-0.05, 0) is 54.3 Å². The van der Waals surface area contributed by atoms with Crippen LogP contribution in [0.2, 0.25) is 10.0 Å². The van der Waals surface area contributed by atoms with E-state index in [1.807, 2.05) is 18.4 Å². The number of imide groups is 1. The average Bonchev–Trinajstić information content (AvgIpc) is 3.28. The lowest BCUT2D eigenvalue weighted by Crippen LogP contribution is -2.32. The summed E-state index contributed by atoms with van der Waals surface area (Å²) < 4.78 is 13.6. The first kappa shape index (κ1) is 19.6. The third kappa shape index (κ3) is 3.55. The Hall–Kier alpha value is -2.67. The third-order valence-corrected chi connectivity index (χ3v) is 5.88. The Morgan fingerprint density at radius 2 is 1.83 bits per heavy atom. The molecule has 29 heavy (non-hydrogen) atoms. The molecule has 2 heterocycles. The maximum absolute atomic E-state index is 13.6. The molecule has 4 nitrogen and oxygen atoms in total. The summed E-state index contributed by atoms with van der Waals surface area (Å²) in [5, 5.41) is 5.22. The lowest BCUT2D eigenvalue weighted by molar-refractivity contribution is -0.120. The van der Waals surface area contributed by atoms with Gasteiger partial charge in [-0.3, -0.25) is 9.59 Å². The Labute approximate surface area is 180 Å². The first-order valence-corrected chi connectivity index (χ1v) is 10.2. The number of hydrogen-bond acceptors (Lipinski definition) is 4. The molecule has 1 N–H and O–H groups in total. The fourth-order valence-electron chi connectivity index (χ4n) is 3.02. The molecular weight excluding hydrogens is 434 g/mol. The van der Waals surface area contributed by atoms with E-state index < -0.39 is 17.6 Å². The molecule has 3 aromatic rings. The van der Waals surface area contributed by atoms with Gasteiger partial charge in [0.2, 0.25) is 0 Å². The molecule has 0 aliphatic carbocycles. The second kappa shape index (κ2) is 7.63. The van der Waals surface area contributed by atoms with Crippen LogP contribution < -0.4 is 10.2 Å². The highest BCUT2D eigenvalue weighted by atomic mass is 35.5. The standard InChI is InChI=1S/C21H13Cl2FN2O2S/c1-11-4-5-12(22)9-16(11)25-19-18(17-3-2-8-29-17)20(27)26(21(19)28)13-6-7-15(24)14(23)10-13/h2-10,25H,1H3. The fourth-order valence-corrected chi connectivity index (χ4v) is 4.13. The number of thiophene rings is 1. The zero-order valence-electron chi connectivity index (χ0n) is 15.0. The maximum Gasteiger partial charge on any atom is 0.282 e. The molecule has 0 fully saturated rings. The number of halogens is 3. The van der Waals surface area contributed by atoms with Crippen LogP contribution in [0.25, 0.3) is 5.57 Å². The molecule has 0 saturated heterocycles. The first-order valence-electron chi connectivity index (χ1n) is 8.52. The fraction of sp³-hybridized carbons (Fsp3) is 0.0476. The highest BCUT2D eigenvalue weighted by Gasteiger charge is 2.41. The molecule has 1 aromatic heterocycles. The van der Waals surface area contributed by atoms with Crippen LogP contribution in [0.15, 0.2) is 59.6 Å². The van der Waals surface area contributed by atoms with E-state index in [1.165, 1.54) is 23.5 Å². The minimum absolute atomic E-state index is 0.128. The molecule has 0 atom stereocenters. The zero-order chi connectivity index (χ0) is 20.7. The number of carbonyl (C=O) groups excluding carboxylic acids is 2. The predicted molar refractivity (Wildman–Crippen MR) is 115 cm³/mol. The van der Waals surface area contributed by atoms with Gasteiger partial charge in [0.1, 0.15) is 11.5 Å². The van der Waals surface area contributed by atoms with Crippen LogP contribution in [0.4, 0.5) is 15.8 Å². The van der Waals surface area contributed by atoms with Crippen molar-refractivity contribution in [3.63, 3.8) is 0 Å². The summed E-state index contributed by atoms with van der Waals surface area (Å²) in [6.07, 6.45) is 0. The number of anilines is 2. The van der Waals surface area contributed by atoms with E-state index >= 15 is 0 Å². The average molecular weight is 447 g/mol. The predicted octanol–water partition coefficient (Wildman–Crippen LogP) is 5.90. The Morgan fingerprint density at radius 1 is 1.03 bits per heavy atom. The molecule has 146 valence electrons. The minimum atomic E-state index is -0.631. The monoisotopic (exact) mass is 446 g/mol. The Kier molecular flexibility index (Phi) is 5.17. The molecule has 0 saturated carbocycles. The van der Waals surface area contributed by atoms with E-state index in [0.717, 1.165) is 16.5 Å². The van der Waals surface area contributed by atoms with Gasteiger partial charge in [-0.15, -0.1) is 11.3 Å². The second-order valence-corrected chi connectivity index (χ2v) is 8.15. The van der Waals surface area contributed by atoms with Gasteiger partial charge in [0.05, 0.1) is 16.3 Å². The number of benzene rings is 2. The van der Waals surface area contributed by atoms with Crippen molar-refractivity contribution in [3.8, 4) is 0 Å². The number of nitrogens with one attached hydrogen (secondary N) is 1. The highest BCUT2D eigenvalue weighted by molar-refractivity contribution is 7.11. The molecule has 4 rings (SSSR count). The largest absolute Gasteiger partial charge is 0.350 e. The second-order valence-electron chi connectivity index (χ2n) is 6.36. The van der Waals surface area contributed by atoms with Crippen LogP contribution >= 0.6 is 34.5 Å². The van der Waals surface area contributed by atoms with Crippen molar-refractivity contribution >= 4 is 63.3 Å². The van der Waals surface area contributed by atoms with Crippen LogP contribution in [-0.2, 0) is 9.59 Å². The van der Waals surface area contributed by atoms with Gasteiger partial charge in [-0.1, -0.05) is 35.3 Å². The highest BCUT2D eigenvalue weighted by Crippen LogP contribution is 2.37. The van der Waals surface area contributed by atoms with Crippen molar-refractivity contribution < 1.29 is 14.0 Å². The summed E-state index contributed by atoms with van der Waals surface area (Å²) in [7, 11) is 0. The van der Waals surface area contributed by atoms with Crippen LogP contribution in [0.1, 0.15) is 10.4 Å². The van der Waals surface area contributed by atoms with Crippen molar-refractivity contribution in [2.24, 2.45) is 0 Å². The van der Waals surface area contributed by atoms with Gasteiger partial charge >= 0.3 is 0 Å². The summed E-state index contributed by atoms with van der Waals surface area (Å²) >= 11 is 13.3. The molecule has 0 radical (unpaired) electrons. The van der Waals surface area contributed by atoms with Crippen LogP contribution in [0.5, 0.6) is 0 Å². The van der Waals surface area contributed by atoms with Crippen molar-refractivity contribution in [3.05, 3.63) is 85.9 Å². The smallest absolute Gasteiger partial charge is 0.282 e. The molecule has 1 aliphatic heterocycles. The van der Waals surface area contributed by atoms with Crippen LogP contribution in [0, 0.1) is 12.7 Å². The summed E-state index contributed by atoms with van der Waals surface area (Å²) in [5.41, 5.74) is 2.03. The van der Waals surface area contributed by atoms with Crippen molar-refractivity contribution in [1.82, 2.24) is 0 Å². The Bertz CT molecular complexity index is 1180. The first-order chi connectivity index (χ1) is 13.9. The van der Waals surface area contributed by atoms with E-state index in [2.05, 4.69) is 5.32 Å². The normalized spacial score (nSPS) is 14.1. The molecule has 2 aromatic carbocycles. The summed E-state index contributed by atoms with van der Waals surface area (Å²) in [5.74, 6) is -1.70. The van der Waals surface area contributed by atoms with Gasteiger partial charge in [-0.2, -0.15) is 0 Å². The van der Waals surface area contributed by atoms with Crippen LogP contribution in [-0.4, -0.2) is 11.8 Å². The van der Waals surface area contributed by atoms with Gasteiger partial charge in [-0.25, -0.2) is 9.29 Å². The molecular formula is C21H13Cl2FN2O2S. The quantitative estimate of drug-likeness (QED) is 0.507. The lowest BCUT2D eigenvalue weighted by Gasteiger charge is -2.16. The lowest BCUT2D eigenvalue weighted by atomic mass is 10.1. The SMILES string of the molecule is Cc1ccc(Cl)cc1NC1=C(c2cccs2)C(=O)N(c2ccc(F)c(Cl)c2)C1=O. The summed E-state index contributed by atoms with van der Waals surface area (Å²) in [6.45, 7) is 1.86. The van der Waals surface area contributed by atoms with Crippen molar-refractivity contribution in [1.29, 1.82) is 0 Å². The Balaban J connectivity index is 1.82. The van der Waals surface area contributed by atoms with Crippen molar-refractivity contribution in [2.45, 2.75) is 6.92 Å². The topological polar surface area (TPSA) is 49.4 Å². The third-order valence-electron chi connectivity index (χ3n) is 4.47. The van der Waals surface area contributed by atoms with E-state index in [-0.39, 0.29) is 22.0 Å². The maximum atomic E-state index is 13.6. The number of nitrogens with zero attached hydrogens (tertiary/aromatic N) is 1. The molecule has 0 unspecified atom stereocenters. The van der Waals surface area contributed by atoms with Gasteiger partial charge in [0.25, 0.3) is 11.8 Å². The number of rotatable bonds is 4. The van der Waals surface area contributed by atoms with E-state index in [0.29, 0.717) is 15.6 Å². The number of aryl methyl sites for hydroxylation is 1. The minimum Gasteiger partial charge on any atom is -0.350 e. The number of amides is 2. The molecule has 2 amide bonds. The molecule has 0 bridgehead atoms. The van der Waals surface area contributed by atoms with E-state index in [4.69, 9.17) is 23.2 Å². The van der Waals surface area contributed by atoms with Gasteiger partial charge in [0, 0.05) is 15.6 Å². The van der Waals surface area contributed by atoms with Crippen molar-refractivity contribution in [2.75, 3.05) is 10.2 Å². The van der Waals surface area contributed by atoms with Gasteiger partial charge in [0.15, 0.2) is 0 Å². The zero-order valence-corrected chi connectivity index (χ0v) is 17.3. The summed E-state index contributed by atoms with van der Waals surface area (Å²) in [4.78, 5) is 28.1. The van der Waals surface area contributed by atoms with Crippen LogP contribution in [0.3, 0.4) is 0 Å². The van der Waals surface area contributed by atoms with E-state index in [1.54, 1.807) is 24.3 Å². The Morgan fingerprint density at radius 3 is 2.52 bits per heavy atom. The molecule has 0 spiro atoms. The number of hydrogen-bond donors (Lipinski definition) is 1. The van der Waals surface area contributed by atoms with E-state index in [9.17, 15) is 14.0 Å². The van der Waals surface area contributed by atoms with Gasteiger partial charge < -0.3 is 5.32 Å². The number of carbonyl (C=O) groups is 2. The molecule has 8 heteroatoms.